The van der Waals surface area contributed by atoms with Gasteiger partial charge in [0.1, 0.15) is 46.9 Å². The number of hydrogen-bond acceptors (Lipinski definition) is 17. The Morgan fingerprint density at radius 1 is 0.420 bits per heavy atom. The van der Waals surface area contributed by atoms with Crippen LogP contribution < -0.4 is 84.8 Å². The quantitative estimate of drug-likeness (QED) is 0.0233. The van der Waals surface area contributed by atoms with Gasteiger partial charge in [0.05, 0.1) is 56.3 Å². The highest BCUT2D eigenvalue weighted by molar-refractivity contribution is 6.08. The highest BCUT2D eigenvalue weighted by atomic mass is 16.5. The molecule has 0 aliphatic rings. The van der Waals surface area contributed by atoms with Crippen molar-refractivity contribution in [1.82, 2.24) is 21.3 Å². The first-order valence-electron chi connectivity index (χ1n) is 26.7. The van der Waals surface area contributed by atoms with Crippen LogP contribution in [-0.2, 0) is 14.4 Å². The number of carbonyl (C=O) groups excluding carboxylic acids is 8. The van der Waals surface area contributed by atoms with E-state index < -0.39 is 71.1 Å². The number of phenols is 1. The van der Waals surface area contributed by atoms with Crippen molar-refractivity contribution in [3.05, 3.63) is 94.5 Å². The molecule has 0 radical (unpaired) electrons. The first kappa shape index (κ1) is 65.0. The summed E-state index contributed by atoms with van der Waals surface area (Å²) in [4.78, 5) is 109. The number of nitrogens with two attached hydrogens (primary N) is 5. The zero-order chi connectivity index (χ0) is 59.4. The van der Waals surface area contributed by atoms with Gasteiger partial charge >= 0.3 is 0 Å². The fraction of sp³-hybridized carbons (Fsp3) is 0.429. The predicted molar refractivity (Wildman–Crippen MR) is 306 cm³/mol. The maximum absolute atomic E-state index is 14.1. The molecule has 0 fully saturated rings. The van der Waals surface area contributed by atoms with Crippen LogP contribution in [0.1, 0.15) is 129 Å². The minimum absolute atomic E-state index is 0.0281. The van der Waals surface area contributed by atoms with Crippen LogP contribution in [0.2, 0.25) is 0 Å². The van der Waals surface area contributed by atoms with Gasteiger partial charge in [0.2, 0.25) is 17.7 Å². The predicted octanol–water partition coefficient (Wildman–Crippen LogP) is 2.98. The minimum atomic E-state index is -1.23. The topological polar surface area (TPSA) is 408 Å². The number of anilines is 3. The van der Waals surface area contributed by atoms with Crippen molar-refractivity contribution in [2.75, 3.05) is 77.1 Å². The third-order valence-corrected chi connectivity index (χ3v) is 12.8. The molecule has 0 bridgehead atoms. The van der Waals surface area contributed by atoms with Crippen LogP contribution in [0, 0.1) is 0 Å². The lowest BCUT2D eigenvalue weighted by molar-refractivity contribution is -0.118. The van der Waals surface area contributed by atoms with Crippen molar-refractivity contribution in [2.45, 2.75) is 95.2 Å². The number of nitrogens with one attached hydrogen (secondary N) is 7. The van der Waals surface area contributed by atoms with E-state index in [9.17, 15) is 43.5 Å². The summed E-state index contributed by atoms with van der Waals surface area (Å²) in [5.74, 6) is -5.59. The molecule has 3 atom stereocenters. The van der Waals surface area contributed by atoms with Gasteiger partial charge in [-0.15, -0.1) is 0 Å². The Balaban J connectivity index is 1.54. The van der Waals surface area contributed by atoms with Crippen LogP contribution in [0.3, 0.4) is 0 Å². The van der Waals surface area contributed by atoms with Crippen molar-refractivity contribution in [1.29, 1.82) is 0 Å². The Hall–Kier alpha value is -8.52. The maximum Gasteiger partial charge on any atom is 0.255 e. The van der Waals surface area contributed by atoms with Gasteiger partial charge in [-0.1, -0.05) is 6.42 Å². The fourth-order valence-electron chi connectivity index (χ4n) is 8.42. The second-order valence-electron chi connectivity index (χ2n) is 18.7. The minimum Gasteiger partial charge on any atom is -0.507 e. The number of ether oxygens (including phenoxy) is 4. The van der Waals surface area contributed by atoms with Crippen LogP contribution in [0.4, 0.5) is 17.1 Å². The number of unbranched alkanes of at least 4 members (excludes halogenated alkanes) is 5. The number of hydrogen-bond donors (Lipinski definition) is 13. The number of phenolic OH excluding ortho intramolecular Hbond substituents is 1. The van der Waals surface area contributed by atoms with Gasteiger partial charge in [-0.2, -0.15) is 0 Å². The fourth-order valence-corrected chi connectivity index (χ4v) is 8.42. The van der Waals surface area contributed by atoms with E-state index in [2.05, 4.69) is 37.2 Å². The average molecular weight is 1130 g/mol. The largest absolute Gasteiger partial charge is 0.507 e. The van der Waals surface area contributed by atoms with Crippen LogP contribution in [-0.4, -0.2) is 132 Å². The molecule has 3 unspecified atom stereocenters. The summed E-state index contributed by atoms with van der Waals surface area (Å²) >= 11 is 0. The average Bonchev–Trinajstić information content (AvgIpc) is 3.46. The van der Waals surface area contributed by atoms with Gasteiger partial charge in [-0.05, 0) is 157 Å². The zero-order valence-electron chi connectivity index (χ0n) is 46.3. The van der Waals surface area contributed by atoms with Crippen molar-refractivity contribution in [3.63, 3.8) is 0 Å². The molecule has 8 amide bonds. The highest BCUT2D eigenvalue weighted by Gasteiger charge is 2.29. The van der Waals surface area contributed by atoms with Gasteiger partial charge in [-0.3, -0.25) is 38.4 Å². The number of rotatable bonds is 35. The number of primary amides is 1. The molecule has 0 saturated carbocycles. The van der Waals surface area contributed by atoms with Crippen molar-refractivity contribution < 1.29 is 62.4 Å². The van der Waals surface area contributed by atoms with E-state index in [0.29, 0.717) is 71.1 Å². The van der Waals surface area contributed by atoms with E-state index in [1.807, 2.05) is 0 Å². The molecule has 0 aliphatic carbocycles. The zero-order valence-corrected chi connectivity index (χ0v) is 46.3. The van der Waals surface area contributed by atoms with Crippen molar-refractivity contribution >= 4 is 64.3 Å². The monoisotopic (exact) mass is 1130 g/mol. The SMILES string of the molecule is COc1ccc(NC(=O)C(CCCCN)NC(=O)c2cc(NC(=O)C(CCCCN)NC(=O)c3cc(NC(=O)C(CCCCN)NC(=O)c4cc(C(=O)NCCCCCN)c(OC)cc4OC)ccc3O)ccc2OC)cc1C(N)=O. The lowest BCUT2D eigenvalue weighted by atomic mass is 10.0. The van der Waals surface area contributed by atoms with Crippen LogP contribution in [0.15, 0.2) is 66.7 Å². The Labute approximate surface area is 470 Å². The van der Waals surface area contributed by atoms with E-state index in [1.165, 1.54) is 95.2 Å². The van der Waals surface area contributed by atoms with Crippen molar-refractivity contribution in [2.24, 2.45) is 28.7 Å². The first-order chi connectivity index (χ1) is 39.0. The summed E-state index contributed by atoms with van der Waals surface area (Å²) in [6.45, 7) is 1.83. The molecule has 0 aliphatic heterocycles. The molecule has 18 N–H and O–H groups in total. The van der Waals surface area contributed by atoms with Crippen LogP contribution in [0.25, 0.3) is 0 Å². The van der Waals surface area contributed by atoms with Gasteiger partial charge in [0, 0.05) is 29.7 Å². The van der Waals surface area contributed by atoms with E-state index in [1.54, 1.807) is 0 Å². The third kappa shape index (κ3) is 19.7. The van der Waals surface area contributed by atoms with E-state index in [4.69, 9.17) is 47.6 Å². The lowest BCUT2D eigenvalue weighted by Gasteiger charge is -2.21. The summed E-state index contributed by atoms with van der Waals surface area (Å²) in [6.07, 6.45) is 5.56. The van der Waals surface area contributed by atoms with Gasteiger partial charge in [0.25, 0.3) is 29.5 Å². The molecule has 0 spiro atoms. The Bertz CT molecular complexity index is 2810. The molecule has 4 aromatic carbocycles. The smallest absolute Gasteiger partial charge is 0.255 e. The number of benzene rings is 4. The lowest BCUT2D eigenvalue weighted by Crippen LogP contribution is -2.44. The summed E-state index contributed by atoms with van der Waals surface area (Å²) in [7, 11) is 5.42. The Kier molecular flexibility index (Phi) is 27.1. The van der Waals surface area contributed by atoms with Crippen LogP contribution >= 0.6 is 0 Å². The molecule has 4 aromatic rings. The van der Waals surface area contributed by atoms with E-state index in [0.717, 1.165) is 12.8 Å². The number of aromatic hydroxyl groups is 1. The molecule has 81 heavy (non-hydrogen) atoms. The standard InChI is InChI=1S/C56H78N12O13/c1-78-45-21-18-34(29-37(45)49(61)70)64-56(77)42(15-7-11-25-59)67-52(73)38-30-35(19-22-46(38)79-2)65-54(75)41(14-6-10-24-58)66-51(72)36-28-33(17-20-44(36)69)63-55(76)43(16-8-12-26-60)68-53(74)40-31-39(47(80-3)32-48(40)81-4)50(71)62-27-13-5-9-23-57/h17-22,28-32,41-43,69H,5-16,23-27,57-60H2,1-4H3,(H2,61,70)(H,62,71)(H,63,76)(H,64,77)(H,65,75)(H,66,72)(H,67,73)(H,68,74). The number of methoxy groups -OCH3 is 4. The second kappa shape index (κ2) is 33.8. The second-order valence-corrected chi connectivity index (χ2v) is 18.7. The normalized spacial score (nSPS) is 11.9. The molecular weight excluding hydrogens is 1050 g/mol. The molecule has 0 aromatic heterocycles. The van der Waals surface area contributed by atoms with E-state index in [-0.39, 0.29) is 93.7 Å². The molecule has 0 saturated heterocycles. The van der Waals surface area contributed by atoms with Gasteiger partial charge in [0.15, 0.2) is 0 Å². The molecule has 4 rings (SSSR count). The third-order valence-electron chi connectivity index (χ3n) is 12.8. The molecule has 440 valence electrons. The van der Waals surface area contributed by atoms with Gasteiger partial charge < -0.3 is 89.9 Å². The summed E-state index contributed by atoms with van der Waals surface area (Å²) in [5.41, 5.74) is 28.4. The summed E-state index contributed by atoms with van der Waals surface area (Å²) in [6, 6.07) is 11.5. The summed E-state index contributed by atoms with van der Waals surface area (Å²) in [5, 5.41) is 30.1. The number of amides is 8. The van der Waals surface area contributed by atoms with Crippen molar-refractivity contribution in [3.8, 4) is 28.7 Å². The molecule has 0 heterocycles. The Morgan fingerprint density at radius 3 is 1.20 bits per heavy atom. The van der Waals surface area contributed by atoms with E-state index >= 15 is 0 Å². The first-order valence-corrected chi connectivity index (χ1v) is 26.7. The molecular formula is C56H78N12O13. The molecule has 25 nitrogen and oxygen atoms in total. The Morgan fingerprint density at radius 2 is 0.778 bits per heavy atom. The highest BCUT2D eigenvalue weighted by Crippen LogP contribution is 2.31. The maximum atomic E-state index is 14.1. The number of carbonyl (C=O) groups is 8. The van der Waals surface area contributed by atoms with Crippen LogP contribution in [0.5, 0.6) is 28.7 Å². The summed E-state index contributed by atoms with van der Waals surface area (Å²) < 4.78 is 21.6. The van der Waals surface area contributed by atoms with Gasteiger partial charge in [-0.25, -0.2) is 0 Å². The molecule has 25 heteroatoms.